The van der Waals surface area contributed by atoms with Crippen LogP contribution in [0.15, 0.2) is 48.5 Å². The summed E-state index contributed by atoms with van der Waals surface area (Å²) >= 11 is 5.28. The smallest absolute Gasteiger partial charge is 0.257 e. The minimum atomic E-state index is -0.251. The van der Waals surface area contributed by atoms with Crippen molar-refractivity contribution in [3.8, 4) is 5.75 Å². The van der Waals surface area contributed by atoms with Gasteiger partial charge in [0.2, 0.25) is 0 Å². The molecule has 0 aromatic heterocycles. The van der Waals surface area contributed by atoms with E-state index < -0.39 is 0 Å². The first kappa shape index (κ1) is 20.1. The predicted molar refractivity (Wildman–Crippen MR) is 118 cm³/mol. The van der Waals surface area contributed by atoms with Crippen LogP contribution in [0.1, 0.15) is 43.5 Å². The summed E-state index contributed by atoms with van der Waals surface area (Å²) in [6, 6.07) is 15.7. The lowest BCUT2D eigenvalue weighted by Crippen LogP contribution is -2.37. The van der Waals surface area contributed by atoms with Gasteiger partial charge in [0.15, 0.2) is 5.11 Å². The first-order valence-electron chi connectivity index (χ1n) is 9.78. The molecule has 1 aliphatic heterocycles. The highest BCUT2D eigenvalue weighted by atomic mass is 32.1. The summed E-state index contributed by atoms with van der Waals surface area (Å²) < 4.78 is 5.39. The molecule has 2 aromatic carbocycles. The molecule has 1 aliphatic rings. The van der Waals surface area contributed by atoms with Crippen molar-refractivity contribution in [2.75, 3.05) is 23.4 Å². The Morgan fingerprint density at radius 2 is 1.86 bits per heavy atom. The molecule has 1 saturated heterocycles. The Morgan fingerprint density at radius 1 is 1.14 bits per heavy atom. The number of hydrogen-bond acceptors (Lipinski definition) is 4. The lowest BCUT2D eigenvalue weighted by atomic mass is 10.0. The highest BCUT2D eigenvalue weighted by molar-refractivity contribution is 7.80. The first-order chi connectivity index (χ1) is 13.6. The number of nitrogens with one attached hydrogen (secondary N) is 2. The van der Waals surface area contributed by atoms with Crippen molar-refractivity contribution in [3.05, 3.63) is 54.1 Å². The number of hydrogen-bond donors (Lipinski definition) is 2. The van der Waals surface area contributed by atoms with Crippen LogP contribution < -0.4 is 20.3 Å². The normalized spacial score (nSPS) is 16.4. The SMILES string of the molecule is CCOc1ccc(C(=O)NC(=S)Nc2ccc(N3CCCC[C@H]3C)cc2)cc1. The summed E-state index contributed by atoms with van der Waals surface area (Å²) in [7, 11) is 0. The zero-order valence-corrected chi connectivity index (χ0v) is 17.2. The minimum Gasteiger partial charge on any atom is -0.494 e. The van der Waals surface area contributed by atoms with E-state index >= 15 is 0 Å². The molecule has 1 atom stereocenters. The number of rotatable bonds is 5. The fourth-order valence-corrected chi connectivity index (χ4v) is 3.64. The molecule has 0 aliphatic carbocycles. The standard InChI is InChI=1S/C22H27N3O2S/c1-3-27-20-13-7-17(8-14-20)21(26)24-22(28)23-18-9-11-19(12-10-18)25-15-5-4-6-16(25)2/h7-14,16H,3-6,15H2,1-2H3,(H2,23,24,26,28)/t16-/m1/s1. The molecule has 0 radical (unpaired) electrons. The van der Waals surface area contributed by atoms with Crippen LogP contribution in [0.2, 0.25) is 0 Å². The Bertz CT molecular complexity index is 806. The molecule has 28 heavy (non-hydrogen) atoms. The zero-order valence-electron chi connectivity index (χ0n) is 16.4. The quantitative estimate of drug-likeness (QED) is 0.723. The fraction of sp³-hybridized carbons (Fsp3) is 0.364. The number of carbonyl (C=O) groups is 1. The van der Waals surface area contributed by atoms with Crippen molar-refractivity contribution >= 4 is 34.6 Å². The number of nitrogens with zero attached hydrogens (tertiary/aromatic N) is 1. The number of benzene rings is 2. The Labute approximate surface area is 172 Å². The van der Waals surface area contributed by atoms with Gasteiger partial charge in [0.25, 0.3) is 5.91 Å². The van der Waals surface area contributed by atoms with Crippen molar-refractivity contribution in [3.63, 3.8) is 0 Å². The van der Waals surface area contributed by atoms with E-state index in [1.807, 2.05) is 19.1 Å². The largest absolute Gasteiger partial charge is 0.494 e. The van der Waals surface area contributed by atoms with Gasteiger partial charge in [0, 0.05) is 29.5 Å². The molecule has 0 saturated carbocycles. The van der Waals surface area contributed by atoms with Crippen molar-refractivity contribution in [2.45, 2.75) is 39.2 Å². The van der Waals surface area contributed by atoms with Crippen molar-refractivity contribution in [1.82, 2.24) is 5.32 Å². The maximum absolute atomic E-state index is 12.3. The maximum atomic E-state index is 12.3. The Balaban J connectivity index is 1.54. The van der Waals surface area contributed by atoms with Gasteiger partial charge >= 0.3 is 0 Å². The van der Waals surface area contributed by atoms with Gasteiger partial charge in [-0.1, -0.05) is 0 Å². The number of anilines is 2. The van der Waals surface area contributed by atoms with Gasteiger partial charge in [0.05, 0.1) is 6.61 Å². The van der Waals surface area contributed by atoms with Crippen molar-refractivity contribution < 1.29 is 9.53 Å². The molecule has 148 valence electrons. The minimum absolute atomic E-state index is 0.251. The molecule has 2 N–H and O–H groups in total. The zero-order chi connectivity index (χ0) is 19.9. The summed E-state index contributed by atoms with van der Waals surface area (Å²) in [5.74, 6) is 0.488. The number of amides is 1. The van der Waals surface area contributed by atoms with E-state index in [4.69, 9.17) is 17.0 Å². The molecule has 0 unspecified atom stereocenters. The van der Waals surface area contributed by atoms with Gasteiger partial charge in [-0.15, -0.1) is 0 Å². The third-order valence-electron chi connectivity index (χ3n) is 4.91. The fourth-order valence-electron chi connectivity index (χ4n) is 3.42. The first-order valence-corrected chi connectivity index (χ1v) is 10.2. The van der Waals surface area contributed by atoms with Gasteiger partial charge in [-0.05, 0) is 93.9 Å². The molecule has 1 heterocycles. The third-order valence-corrected chi connectivity index (χ3v) is 5.12. The van der Waals surface area contributed by atoms with E-state index in [2.05, 4.69) is 34.6 Å². The van der Waals surface area contributed by atoms with E-state index in [-0.39, 0.29) is 11.0 Å². The van der Waals surface area contributed by atoms with Crippen LogP contribution >= 0.6 is 12.2 Å². The van der Waals surface area contributed by atoms with Crippen LogP contribution in [0.4, 0.5) is 11.4 Å². The Kier molecular flexibility index (Phi) is 6.87. The highest BCUT2D eigenvalue weighted by Crippen LogP contribution is 2.25. The Morgan fingerprint density at radius 3 is 2.50 bits per heavy atom. The molecule has 0 bridgehead atoms. The van der Waals surface area contributed by atoms with Crippen LogP contribution in [0.3, 0.4) is 0 Å². The summed E-state index contributed by atoms with van der Waals surface area (Å²) in [5, 5.41) is 6.06. The predicted octanol–water partition coefficient (Wildman–Crippen LogP) is 4.59. The lowest BCUT2D eigenvalue weighted by molar-refractivity contribution is 0.0977. The van der Waals surface area contributed by atoms with E-state index in [1.165, 1.54) is 24.9 Å². The average molecular weight is 398 g/mol. The monoisotopic (exact) mass is 397 g/mol. The average Bonchev–Trinajstić information content (AvgIpc) is 2.70. The molecule has 1 fully saturated rings. The number of carbonyl (C=O) groups excluding carboxylic acids is 1. The topological polar surface area (TPSA) is 53.6 Å². The lowest BCUT2D eigenvalue weighted by Gasteiger charge is -2.35. The van der Waals surface area contributed by atoms with Crippen molar-refractivity contribution in [1.29, 1.82) is 0 Å². The van der Waals surface area contributed by atoms with Crippen LogP contribution in [0.5, 0.6) is 5.75 Å². The summed E-state index contributed by atoms with van der Waals surface area (Å²) in [6.45, 7) is 5.89. The Hall–Kier alpha value is -2.60. The van der Waals surface area contributed by atoms with E-state index in [0.29, 0.717) is 18.2 Å². The molecule has 3 rings (SSSR count). The van der Waals surface area contributed by atoms with E-state index in [1.54, 1.807) is 24.3 Å². The molecule has 6 heteroatoms. The van der Waals surface area contributed by atoms with Gasteiger partial charge in [-0.2, -0.15) is 0 Å². The summed E-state index contributed by atoms with van der Waals surface area (Å²) in [5.41, 5.74) is 2.61. The van der Waals surface area contributed by atoms with Crippen LogP contribution in [0, 0.1) is 0 Å². The van der Waals surface area contributed by atoms with E-state index in [9.17, 15) is 4.79 Å². The second kappa shape index (κ2) is 9.55. The van der Waals surface area contributed by atoms with Gasteiger partial charge < -0.3 is 15.0 Å². The van der Waals surface area contributed by atoms with Crippen LogP contribution in [0.25, 0.3) is 0 Å². The number of ether oxygens (including phenoxy) is 1. The molecule has 1 amide bonds. The molecule has 0 spiro atoms. The summed E-state index contributed by atoms with van der Waals surface area (Å²) in [6.07, 6.45) is 3.79. The van der Waals surface area contributed by atoms with Crippen molar-refractivity contribution in [2.24, 2.45) is 0 Å². The van der Waals surface area contributed by atoms with Crippen LogP contribution in [-0.2, 0) is 0 Å². The molecular weight excluding hydrogens is 370 g/mol. The van der Waals surface area contributed by atoms with Gasteiger partial charge in [-0.3, -0.25) is 10.1 Å². The molecule has 5 nitrogen and oxygen atoms in total. The highest BCUT2D eigenvalue weighted by Gasteiger charge is 2.18. The van der Waals surface area contributed by atoms with Gasteiger partial charge in [0.1, 0.15) is 5.75 Å². The number of piperidine rings is 1. The molecule has 2 aromatic rings. The van der Waals surface area contributed by atoms with E-state index in [0.717, 1.165) is 18.0 Å². The second-order valence-electron chi connectivity index (χ2n) is 6.95. The van der Waals surface area contributed by atoms with Gasteiger partial charge in [-0.25, -0.2) is 0 Å². The van der Waals surface area contributed by atoms with Crippen LogP contribution in [-0.4, -0.2) is 30.2 Å². The second-order valence-corrected chi connectivity index (χ2v) is 7.36. The third kappa shape index (κ3) is 5.23. The molecular formula is C22H27N3O2S. The summed E-state index contributed by atoms with van der Waals surface area (Å²) in [4.78, 5) is 14.8. The maximum Gasteiger partial charge on any atom is 0.257 e. The number of thiocarbonyl (C=S) groups is 1.